The van der Waals surface area contributed by atoms with Crippen LogP contribution in [0.5, 0.6) is 5.75 Å². The first-order valence-electron chi connectivity index (χ1n) is 3.73. The van der Waals surface area contributed by atoms with Crippen molar-refractivity contribution in [2.24, 2.45) is 5.73 Å². The van der Waals surface area contributed by atoms with Crippen LogP contribution in [-0.4, -0.2) is 10.1 Å². The highest BCUT2D eigenvalue weighted by atomic mass is 127. The lowest BCUT2D eigenvalue weighted by Gasteiger charge is -2.10. The second kappa shape index (κ2) is 5.09. The first-order valence-corrected chi connectivity index (χ1v) is 5.89. The Kier molecular flexibility index (Phi) is 4.33. The molecule has 6 heteroatoms. The average molecular weight is 415 g/mol. The van der Waals surface area contributed by atoms with Gasteiger partial charge in [-0.2, -0.15) is 5.26 Å². The van der Waals surface area contributed by atoms with E-state index in [0.29, 0.717) is 9.26 Å². The van der Waals surface area contributed by atoms with E-state index in [1.165, 1.54) is 0 Å². The molecule has 14 heavy (non-hydrogen) atoms. The summed E-state index contributed by atoms with van der Waals surface area (Å²) < 4.78 is 1.46. The predicted molar refractivity (Wildman–Crippen MR) is 68.5 cm³/mol. The molecule has 0 saturated carbocycles. The van der Waals surface area contributed by atoms with E-state index < -0.39 is 6.04 Å². The van der Waals surface area contributed by atoms with Crippen LogP contribution in [0.4, 0.5) is 0 Å². The van der Waals surface area contributed by atoms with Crippen molar-refractivity contribution in [3.63, 3.8) is 0 Å². The Hall–Kier alpha value is -0.140. The zero-order chi connectivity index (χ0) is 10.7. The van der Waals surface area contributed by atoms with Crippen LogP contribution in [0.2, 0.25) is 0 Å². The molecular weight excluding hydrogens is 408 g/mol. The Morgan fingerprint density at radius 3 is 2.86 bits per heavy atom. The molecule has 0 bridgehead atoms. The first kappa shape index (κ1) is 11.9. The van der Waals surface area contributed by atoms with E-state index in [4.69, 9.17) is 11.0 Å². The molecule has 4 nitrogen and oxygen atoms in total. The van der Waals surface area contributed by atoms with Crippen molar-refractivity contribution in [2.45, 2.75) is 12.5 Å². The van der Waals surface area contributed by atoms with Crippen LogP contribution in [0, 0.1) is 18.6 Å². The molecule has 0 aliphatic heterocycles. The standard InChI is InChI=1S/C8H7I2N3O/c9-4-3-6(10)13-7(8(4)14)5(12)1-2-11/h3,5,14H,1,12H2/t5-/m1/s1. The summed E-state index contributed by atoms with van der Waals surface area (Å²) >= 11 is 4.05. The van der Waals surface area contributed by atoms with Gasteiger partial charge in [0, 0.05) is 0 Å². The van der Waals surface area contributed by atoms with Crippen LogP contribution >= 0.6 is 45.2 Å². The van der Waals surface area contributed by atoms with Crippen molar-refractivity contribution >= 4 is 45.2 Å². The van der Waals surface area contributed by atoms with Gasteiger partial charge in [0.2, 0.25) is 0 Å². The summed E-state index contributed by atoms with van der Waals surface area (Å²) in [5, 5.41) is 18.1. The zero-order valence-corrected chi connectivity index (χ0v) is 11.4. The van der Waals surface area contributed by atoms with Gasteiger partial charge in [0.15, 0.2) is 5.75 Å². The molecule has 3 N–H and O–H groups in total. The highest BCUT2D eigenvalue weighted by molar-refractivity contribution is 14.1. The van der Waals surface area contributed by atoms with Crippen LogP contribution < -0.4 is 5.73 Å². The third kappa shape index (κ3) is 2.68. The molecule has 1 aromatic rings. The van der Waals surface area contributed by atoms with Gasteiger partial charge in [-0.1, -0.05) is 0 Å². The van der Waals surface area contributed by atoms with Gasteiger partial charge < -0.3 is 10.8 Å². The molecule has 0 aliphatic carbocycles. The van der Waals surface area contributed by atoms with Gasteiger partial charge in [-0.15, -0.1) is 0 Å². The van der Waals surface area contributed by atoms with Crippen LogP contribution in [0.15, 0.2) is 6.07 Å². The smallest absolute Gasteiger partial charge is 0.152 e. The maximum absolute atomic E-state index is 9.66. The van der Waals surface area contributed by atoms with Gasteiger partial charge in [0.05, 0.1) is 22.1 Å². The summed E-state index contributed by atoms with van der Waals surface area (Å²) in [4.78, 5) is 4.11. The molecule has 0 unspecified atom stereocenters. The summed E-state index contributed by atoms with van der Waals surface area (Å²) in [5.74, 6) is 0.0776. The molecule has 0 aliphatic rings. The molecule has 1 atom stereocenters. The van der Waals surface area contributed by atoms with Gasteiger partial charge in [0.1, 0.15) is 9.39 Å². The highest BCUT2D eigenvalue weighted by Crippen LogP contribution is 2.28. The summed E-state index contributed by atoms with van der Waals surface area (Å²) in [6.45, 7) is 0. The third-order valence-electron chi connectivity index (χ3n) is 1.60. The van der Waals surface area contributed by atoms with Crippen molar-refractivity contribution in [3.05, 3.63) is 19.0 Å². The minimum Gasteiger partial charge on any atom is -0.505 e. The fourth-order valence-electron chi connectivity index (χ4n) is 0.949. The van der Waals surface area contributed by atoms with E-state index in [1.54, 1.807) is 6.07 Å². The van der Waals surface area contributed by atoms with Gasteiger partial charge in [-0.05, 0) is 51.2 Å². The Bertz CT molecular complexity index is 389. The lowest BCUT2D eigenvalue weighted by atomic mass is 10.1. The number of nitrogens with two attached hydrogens (primary N) is 1. The van der Waals surface area contributed by atoms with Crippen LogP contribution in [-0.2, 0) is 0 Å². The molecule has 0 radical (unpaired) electrons. The lowest BCUT2D eigenvalue weighted by molar-refractivity contribution is 0.452. The van der Waals surface area contributed by atoms with Gasteiger partial charge in [0.25, 0.3) is 0 Å². The zero-order valence-electron chi connectivity index (χ0n) is 7.04. The van der Waals surface area contributed by atoms with E-state index in [1.807, 2.05) is 51.3 Å². The molecule has 0 amide bonds. The Labute approximate surface area is 109 Å². The van der Waals surface area contributed by atoms with Crippen LogP contribution in [0.3, 0.4) is 0 Å². The summed E-state index contributed by atoms with van der Waals surface area (Å²) in [6, 6.07) is 3.18. The van der Waals surface area contributed by atoms with E-state index in [-0.39, 0.29) is 12.2 Å². The molecule has 1 heterocycles. The SMILES string of the molecule is N#CC[C@@H](N)c1nc(I)cc(I)c1O. The topological polar surface area (TPSA) is 82.9 Å². The average Bonchev–Trinajstić information content (AvgIpc) is 2.11. The van der Waals surface area contributed by atoms with E-state index >= 15 is 0 Å². The molecule has 74 valence electrons. The monoisotopic (exact) mass is 415 g/mol. The number of hydrogen-bond acceptors (Lipinski definition) is 4. The van der Waals surface area contributed by atoms with Crippen molar-refractivity contribution in [2.75, 3.05) is 0 Å². The minimum atomic E-state index is -0.525. The predicted octanol–water partition coefficient (Wildman–Crippen LogP) is 1.91. The normalized spacial score (nSPS) is 12.1. The van der Waals surface area contributed by atoms with Gasteiger partial charge >= 0.3 is 0 Å². The fourth-order valence-corrected chi connectivity index (χ4v) is 2.69. The lowest BCUT2D eigenvalue weighted by Crippen LogP contribution is -2.12. The van der Waals surface area contributed by atoms with E-state index in [9.17, 15) is 5.11 Å². The first-order chi connectivity index (χ1) is 6.56. The number of hydrogen-bond donors (Lipinski definition) is 2. The second-order valence-electron chi connectivity index (χ2n) is 2.63. The largest absolute Gasteiger partial charge is 0.505 e. The third-order valence-corrected chi connectivity index (χ3v) is 2.98. The molecule has 0 saturated heterocycles. The molecule has 0 fully saturated rings. The Balaban J connectivity index is 3.14. The number of nitrogens with zero attached hydrogens (tertiary/aromatic N) is 2. The number of rotatable bonds is 2. The second-order valence-corrected chi connectivity index (χ2v) is 4.90. The number of pyridine rings is 1. The molecule has 1 aromatic heterocycles. The summed E-state index contributed by atoms with van der Waals surface area (Å²) in [5.41, 5.74) is 6.08. The Morgan fingerprint density at radius 2 is 2.29 bits per heavy atom. The van der Waals surface area contributed by atoms with Gasteiger partial charge in [-0.25, -0.2) is 4.98 Å². The summed E-state index contributed by atoms with van der Waals surface area (Å²) in [6.07, 6.45) is 0.150. The summed E-state index contributed by atoms with van der Waals surface area (Å²) in [7, 11) is 0. The highest BCUT2D eigenvalue weighted by Gasteiger charge is 2.15. The number of nitriles is 1. The van der Waals surface area contributed by atoms with Crippen molar-refractivity contribution in [1.82, 2.24) is 4.98 Å². The minimum absolute atomic E-state index is 0.0776. The van der Waals surface area contributed by atoms with Crippen molar-refractivity contribution in [1.29, 1.82) is 5.26 Å². The maximum atomic E-state index is 9.66. The number of halogens is 2. The van der Waals surface area contributed by atoms with E-state index in [0.717, 1.165) is 3.70 Å². The molecular formula is C8H7I2N3O. The molecule has 0 aromatic carbocycles. The van der Waals surface area contributed by atoms with Crippen LogP contribution in [0.1, 0.15) is 18.2 Å². The van der Waals surface area contributed by atoms with Gasteiger partial charge in [-0.3, -0.25) is 0 Å². The van der Waals surface area contributed by atoms with E-state index in [2.05, 4.69) is 4.98 Å². The van der Waals surface area contributed by atoms with Crippen LogP contribution in [0.25, 0.3) is 0 Å². The number of aromatic hydroxyl groups is 1. The number of aromatic nitrogens is 1. The maximum Gasteiger partial charge on any atom is 0.152 e. The molecule has 0 spiro atoms. The molecule has 1 rings (SSSR count). The van der Waals surface area contributed by atoms with Crippen molar-refractivity contribution in [3.8, 4) is 11.8 Å². The fraction of sp³-hybridized carbons (Fsp3) is 0.250. The quantitative estimate of drug-likeness (QED) is 0.572. The Morgan fingerprint density at radius 1 is 1.64 bits per heavy atom. The van der Waals surface area contributed by atoms with Crippen molar-refractivity contribution < 1.29 is 5.11 Å².